The first-order chi connectivity index (χ1) is 9.50. The Morgan fingerprint density at radius 3 is 2.45 bits per heavy atom. The average Bonchev–Trinajstić information content (AvgIpc) is 2.81. The summed E-state index contributed by atoms with van der Waals surface area (Å²) in [5.74, 6) is 0.300. The Labute approximate surface area is 128 Å². The zero-order chi connectivity index (χ0) is 14.7. The van der Waals surface area contributed by atoms with E-state index in [0.717, 1.165) is 10.2 Å². The Kier molecular flexibility index (Phi) is 5.00. The van der Waals surface area contributed by atoms with Crippen LogP contribution in [0.15, 0.2) is 41.0 Å². The molecule has 0 saturated carbocycles. The third kappa shape index (κ3) is 3.30. The van der Waals surface area contributed by atoms with Gasteiger partial charge in [0.15, 0.2) is 0 Å². The number of aromatic nitrogens is 2. The molecular weight excluding hydrogens is 316 g/mol. The highest BCUT2D eigenvalue weighted by atomic mass is 79.9. The van der Waals surface area contributed by atoms with Crippen LogP contribution in [0.1, 0.15) is 56.5 Å². The van der Waals surface area contributed by atoms with Crippen molar-refractivity contribution in [2.24, 2.45) is 0 Å². The predicted octanol–water partition coefficient (Wildman–Crippen LogP) is 4.45. The zero-order valence-electron chi connectivity index (χ0n) is 12.1. The Morgan fingerprint density at radius 2 is 1.85 bits per heavy atom. The maximum absolute atomic E-state index is 10.6. The van der Waals surface area contributed by atoms with Crippen molar-refractivity contribution in [2.45, 2.75) is 45.3 Å². The molecule has 2 unspecified atom stereocenters. The van der Waals surface area contributed by atoms with Gasteiger partial charge in [-0.05, 0) is 47.7 Å². The van der Waals surface area contributed by atoms with Crippen LogP contribution in [0, 0.1) is 0 Å². The minimum Gasteiger partial charge on any atom is -0.387 e. The van der Waals surface area contributed by atoms with Crippen molar-refractivity contribution >= 4 is 15.9 Å². The number of benzene rings is 1. The van der Waals surface area contributed by atoms with Gasteiger partial charge < -0.3 is 5.11 Å². The summed E-state index contributed by atoms with van der Waals surface area (Å²) in [4.78, 5) is 0. The standard InChI is InChI=1S/C16H21BrN2O/c1-11(2)19-16(14(17)10-18-19)15(20)9-12(3)13-7-5-4-6-8-13/h4-8,10-12,15,20H,9H2,1-3H3. The summed E-state index contributed by atoms with van der Waals surface area (Å²) < 4.78 is 2.76. The highest BCUT2D eigenvalue weighted by Gasteiger charge is 2.21. The first kappa shape index (κ1) is 15.3. The molecule has 0 aliphatic rings. The second-order valence-electron chi connectivity index (χ2n) is 5.48. The molecule has 0 fully saturated rings. The van der Waals surface area contributed by atoms with Gasteiger partial charge in [-0.1, -0.05) is 37.3 Å². The van der Waals surface area contributed by atoms with E-state index >= 15 is 0 Å². The van der Waals surface area contributed by atoms with Crippen molar-refractivity contribution in [3.63, 3.8) is 0 Å². The molecule has 0 radical (unpaired) electrons. The zero-order valence-corrected chi connectivity index (χ0v) is 13.7. The van der Waals surface area contributed by atoms with Gasteiger partial charge in [-0.2, -0.15) is 5.10 Å². The number of nitrogens with zero attached hydrogens (tertiary/aromatic N) is 2. The first-order valence-corrected chi connectivity index (χ1v) is 7.76. The van der Waals surface area contributed by atoms with Crippen LogP contribution in [0.25, 0.3) is 0 Å². The van der Waals surface area contributed by atoms with E-state index in [0.29, 0.717) is 12.3 Å². The largest absolute Gasteiger partial charge is 0.387 e. The summed E-state index contributed by atoms with van der Waals surface area (Å²) in [6, 6.07) is 10.5. The molecule has 108 valence electrons. The molecule has 3 nitrogen and oxygen atoms in total. The molecule has 0 aliphatic heterocycles. The summed E-state index contributed by atoms with van der Waals surface area (Å²) >= 11 is 3.49. The van der Waals surface area contributed by atoms with Crippen LogP contribution in [0.2, 0.25) is 0 Å². The lowest BCUT2D eigenvalue weighted by atomic mass is 9.94. The molecule has 0 spiro atoms. The van der Waals surface area contributed by atoms with Gasteiger partial charge >= 0.3 is 0 Å². The number of halogens is 1. The van der Waals surface area contributed by atoms with Gasteiger partial charge in [-0.3, -0.25) is 4.68 Å². The van der Waals surface area contributed by atoms with Crippen LogP contribution >= 0.6 is 15.9 Å². The van der Waals surface area contributed by atoms with Crippen molar-refractivity contribution < 1.29 is 5.11 Å². The van der Waals surface area contributed by atoms with E-state index in [4.69, 9.17) is 0 Å². The Hall–Kier alpha value is -1.13. The smallest absolute Gasteiger partial charge is 0.0974 e. The molecule has 0 amide bonds. The number of hydrogen-bond acceptors (Lipinski definition) is 2. The Morgan fingerprint density at radius 1 is 1.20 bits per heavy atom. The monoisotopic (exact) mass is 336 g/mol. The fourth-order valence-corrected chi connectivity index (χ4v) is 2.98. The fourth-order valence-electron chi connectivity index (χ4n) is 2.44. The summed E-state index contributed by atoms with van der Waals surface area (Å²) in [5.41, 5.74) is 2.11. The third-order valence-corrected chi connectivity index (χ3v) is 4.15. The SMILES string of the molecule is CC(CC(O)c1c(Br)cnn1C(C)C)c1ccccc1. The molecule has 1 heterocycles. The second-order valence-corrected chi connectivity index (χ2v) is 6.33. The normalized spacial score (nSPS) is 14.5. The maximum atomic E-state index is 10.6. The lowest BCUT2D eigenvalue weighted by Gasteiger charge is -2.20. The molecule has 1 N–H and O–H groups in total. The number of aliphatic hydroxyl groups is 1. The number of rotatable bonds is 5. The first-order valence-electron chi connectivity index (χ1n) is 6.96. The lowest BCUT2D eigenvalue weighted by molar-refractivity contribution is 0.146. The average molecular weight is 337 g/mol. The van der Waals surface area contributed by atoms with Crippen molar-refractivity contribution in [2.75, 3.05) is 0 Å². The van der Waals surface area contributed by atoms with Crippen molar-refractivity contribution in [3.8, 4) is 0 Å². The van der Waals surface area contributed by atoms with Crippen LogP contribution in [-0.4, -0.2) is 14.9 Å². The van der Waals surface area contributed by atoms with Gasteiger partial charge in [0, 0.05) is 6.04 Å². The molecule has 4 heteroatoms. The van der Waals surface area contributed by atoms with Crippen LogP contribution in [0.4, 0.5) is 0 Å². The van der Waals surface area contributed by atoms with E-state index in [2.05, 4.69) is 53.9 Å². The highest BCUT2D eigenvalue weighted by Crippen LogP contribution is 2.32. The van der Waals surface area contributed by atoms with Gasteiger partial charge in [0.1, 0.15) is 0 Å². The minimum absolute atomic E-state index is 0.234. The van der Waals surface area contributed by atoms with Crippen molar-refractivity contribution in [1.29, 1.82) is 0 Å². The lowest BCUT2D eigenvalue weighted by Crippen LogP contribution is -2.13. The molecule has 0 saturated heterocycles. The van der Waals surface area contributed by atoms with Gasteiger partial charge in [-0.25, -0.2) is 0 Å². The number of aliphatic hydroxyl groups excluding tert-OH is 1. The molecule has 2 rings (SSSR count). The summed E-state index contributed by atoms with van der Waals surface area (Å²) in [7, 11) is 0. The topological polar surface area (TPSA) is 38.1 Å². The fraction of sp³-hybridized carbons (Fsp3) is 0.438. The molecule has 1 aromatic heterocycles. The number of hydrogen-bond donors (Lipinski definition) is 1. The van der Waals surface area contributed by atoms with Gasteiger partial charge in [-0.15, -0.1) is 0 Å². The maximum Gasteiger partial charge on any atom is 0.0974 e. The summed E-state index contributed by atoms with van der Waals surface area (Å²) in [6.07, 6.45) is 1.91. The molecule has 0 bridgehead atoms. The third-order valence-electron chi connectivity index (χ3n) is 3.54. The van der Waals surface area contributed by atoms with Crippen molar-refractivity contribution in [3.05, 3.63) is 52.3 Å². The van der Waals surface area contributed by atoms with E-state index in [1.54, 1.807) is 6.20 Å². The Bertz CT molecular complexity index is 551. The molecular formula is C16H21BrN2O. The quantitative estimate of drug-likeness (QED) is 0.875. The molecule has 0 aliphatic carbocycles. The van der Waals surface area contributed by atoms with E-state index < -0.39 is 6.10 Å². The van der Waals surface area contributed by atoms with Gasteiger partial charge in [0.05, 0.1) is 22.5 Å². The van der Waals surface area contributed by atoms with E-state index in [1.807, 2.05) is 22.9 Å². The molecule has 20 heavy (non-hydrogen) atoms. The molecule has 2 atom stereocenters. The van der Waals surface area contributed by atoms with Crippen LogP contribution in [0.5, 0.6) is 0 Å². The van der Waals surface area contributed by atoms with E-state index in [-0.39, 0.29) is 6.04 Å². The predicted molar refractivity (Wildman–Crippen MR) is 84.7 cm³/mol. The minimum atomic E-state index is -0.524. The second kappa shape index (κ2) is 6.55. The Balaban J connectivity index is 2.16. The van der Waals surface area contributed by atoms with Crippen LogP contribution < -0.4 is 0 Å². The highest BCUT2D eigenvalue weighted by molar-refractivity contribution is 9.10. The van der Waals surface area contributed by atoms with E-state index in [9.17, 15) is 5.11 Å². The van der Waals surface area contributed by atoms with E-state index in [1.165, 1.54) is 5.56 Å². The van der Waals surface area contributed by atoms with Gasteiger partial charge in [0.2, 0.25) is 0 Å². The van der Waals surface area contributed by atoms with Crippen LogP contribution in [0.3, 0.4) is 0 Å². The molecule has 1 aromatic carbocycles. The summed E-state index contributed by atoms with van der Waals surface area (Å²) in [5, 5.41) is 14.9. The molecule has 2 aromatic rings. The van der Waals surface area contributed by atoms with Crippen LogP contribution in [-0.2, 0) is 0 Å². The van der Waals surface area contributed by atoms with Crippen molar-refractivity contribution in [1.82, 2.24) is 9.78 Å². The van der Waals surface area contributed by atoms with Gasteiger partial charge in [0.25, 0.3) is 0 Å². The summed E-state index contributed by atoms with van der Waals surface area (Å²) in [6.45, 7) is 6.27.